The van der Waals surface area contributed by atoms with Gasteiger partial charge in [-0.25, -0.2) is 0 Å². The van der Waals surface area contributed by atoms with Gasteiger partial charge in [-0.15, -0.1) is 0 Å². The molecule has 128 valence electrons. The summed E-state index contributed by atoms with van der Waals surface area (Å²) < 4.78 is 5.89. The summed E-state index contributed by atoms with van der Waals surface area (Å²) in [5.74, 6) is -1.02. The van der Waals surface area contributed by atoms with Gasteiger partial charge in [0.1, 0.15) is 11.7 Å². The summed E-state index contributed by atoms with van der Waals surface area (Å²) in [6.07, 6.45) is -0.0806. The normalized spacial score (nSPS) is 20.8. The average Bonchev–Trinajstić information content (AvgIpc) is 3.16. The second-order valence-electron chi connectivity index (χ2n) is 6.75. The Morgan fingerprint density at radius 1 is 1.16 bits per heavy atom. The highest BCUT2D eigenvalue weighted by molar-refractivity contribution is 6.01. The number of carbonyl (C=O) groups is 2. The molecule has 0 aliphatic carbocycles. The summed E-state index contributed by atoms with van der Waals surface area (Å²) in [5, 5.41) is 9.46. The van der Waals surface area contributed by atoms with Crippen molar-refractivity contribution in [2.75, 3.05) is 11.4 Å². The minimum absolute atomic E-state index is 0.155. The average molecular weight is 337 g/mol. The van der Waals surface area contributed by atoms with Crippen LogP contribution in [0.3, 0.4) is 0 Å². The van der Waals surface area contributed by atoms with Crippen molar-refractivity contribution in [2.24, 2.45) is 0 Å². The molecule has 2 heterocycles. The van der Waals surface area contributed by atoms with Gasteiger partial charge in [0.15, 0.2) is 6.10 Å². The first-order valence-corrected chi connectivity index (χ1v) is 8.35. The number of ether oxygens (including phenoxy) is 1. The number of rotatable bonds is 2. The van der Waals surface area contributed by atoms with Crippen LogP contribution >= 0.6 is 0 Å². The van der Waals surface area contributed by atoms with Crippen LogP contribution < -0.4 is 9.64 Å². The van der Waals surface area contributed by atoms with E-state index in [-0.39, 0.29) is 12.5 Å². The molecule has 0 saturated carbocycles. The fourth-order valence-corrected chi connectivity index (χ4v) is 3.65. The Kier molecular flexibility index (Phi) is 3.53. The second kappa shape index (κ2) is 5.62. The van der Waals surface area contributed by atoms with Gasteiger partial charge in [0.05, 0.1) is 0 Å². The maximum absolute atomic E-state index is 13.0. The van der Waals surface area contributed by atoms with Gasteiger partial charge >= 0.3 is 5.97 Å². The molecule has 1 N–H and O–H groups in total. The SMILES string of the molecule is Cc1cc2c(cc1C)OC(C(=O)N1CC(C(=O)O)c3ccccc31)C2. The molecule has 2 unspecified atom stereocenters. The molecule has 2 aromatic carbocycles. The van der Waals surface area contributed by atoms with E-state index >= 15 is 0 Å². The molecule has 0 radical (unpaired) electrons. The van der Waals surface area contributed by atoms with E-state index in [4.69, 9.17) is 4.74 Å². The number of hydrogen-bond donors (Lipinski definition) is 1. The first-order chi connectivity index (χ1) is 12.0. The van der Waals surface area contributed by atoms with E-state index in [1.54, 1.807) is 23.1 Å². The topological polar surface area (TPSA) is 66.8 Å². The van der Waals surface area contributed by atoms with E-state index in [1.807, 2.05) is 26.0 Å². The van der Waals surface area contributed by atoms with Gasteiger partial charge in [0, 0.05) is 18.7 Å². The van der Waals surface area contributed by atoms with E-state index in [0.29, 0.717) is 17.7 Å². The van der Waals surface area contributed by atoms with Crippen molar-refractivity contribution in [1.82, 2.24) is 0 Å². The van der Waals surface area contributed by atoms with Gasteiger partial charge in [-0.2, -0.15) is 0 Å². The van der Waals surface area contributed by atoms with Crippen molar-refractivity contribution in [3.8, 4) is 5.75 Å². The van der Waals surface area contributed by atoms with Crippen LogP contribution in [-0.2, 0) is 16.0 Å². The van der Waals surface area contributed by atoms with Crippen molar-refractivity contribution in [3.63, 3.8) is 0 Å². The highest BCUT2D eigenvalue weighted by atomic mass is 16.5. The lowest BCUT2D eigenvalue weighted by atomic mass is 10.0. The Morgan fingerprint density at radius 3 is 2.64 bits per heavy atom. The highest BCUT2D eigenvalue weighted by Gasteiger charge is 2.41. The molecule has 5 heteroatoms. The third-order valence-corrected chi connectivity index (χ3v) is 5.16. The zero-order valence-electron chi connectivity index (χ0n) is 14.2. The minimum atomic E-state index is -0.912. The number of carboxylic acids is 1. The molecule has 0 aromatic heterocycles. The molecule has 4 rings (SSSR count). The van der Waals surface area contributed by atoms with Crippen LogP contribution in [-0.4, -0.2) is 29.6 Å². The number of nitrogens with zero attached hydrogens (tertiary/aromatic N) is 1. The number of carbonyl (C=O) groups excluding carboxylic acids is 1. The van der Waals surface area contributed by atoms with Crippen molar-refractivity contribution in [3.05, 3.63) is 58.7 Å². The summed E-state index contributed by atoms with van der Waals surface area (Å²) >= 11 is 0. The van der Waals surface area contributed by atoms with Gasteiger partial charge in [-0.05, 0) is 48.2 Å². The molecule has 25 heavy (non-hydrogen) atoms. The molecule has 0 saturated heterocycles. The number of aryl methyl sites for hydroxylation is 2. The van der Waals surface area contributed by atoms with Crippen molar-refractivity contribution in [1.29, 1.82) is 0 Å². The standard InChI is InChI=1S/C20H19NO4/c1-11-7-13-9-18(25-17(13)8-12(11)2)19(22)21-10-15(20(23)24)14-5-3-4-6-16(14)21/h3-8,15,18H,9-10H2,1-2H3,(H,23,24). The highest BCUT2D eigenvalue weighted by Crippen LogP contribution is 2.38. The quantitative estimate of drug-likeness (QED) is 0.915. The van der Waals surface area contributed by atoms with E-state index in [9.17, 15) is 14.7 Å². The van der Waals surface area contributed by atoms with Crippen molar-refractivity contribution >= 4 is 17.6 Å². The Labute approximate surface area is 145 Å². The fraction of sp³-hybridized carbons (Fsp3) is 0.300. The number of carboxylic acid groups (broad SMARTS) is 1. The van der Waals surface area contributed by atoms with Crippen LogP contribution in [0.4, 0.5) is 5.69 Å². The first-order valence-electron chi connectivity index (χ1n) is 8.35. The Bertz CT molecular complexity index is 858. The number of benzene rings is 2. The molecule has 5 nitrogen and oxygen atoms in total. The number of aliphatic carboxylic acids is 1. The first kappa shape index (κ1) is 15.7. The predicted molar refractivity (Wildman–Crippen MR) is 93.2 cm³/mol. The molecule has 2 atom stereocenters. The van der Waals surface area contributed by atoms with Crippen LogP contribution in [0.15, 0.2) is 36.4 Å². The lowest BCUT2D eigenvalue weighted by Crippen LogP contribution is -2.41. The Balaban J connectivity index is 1.62. The molecule has 0 bridgehead atoms. The lowest BCUT2D eigenvalue weighted by molar-refractivity contribution is -0.138. The van der Waals surface area contributed by atoms with Gasteiger partial charge in [0.2, 0.25) is 0 Å². The predicted octanol–water partition coefficient (Wildman–Crippen LogP) is 2.82. The van der Waals surface area contributed by atoms with Gasteiger partial charge in [-0.1, -0.05) is 24.3 Å². The molecule has 1 amide bonds. The van der Waals surface area contributed by atoms with Crippen LogP contribution in [0.5, 0.6) is 5.75 Å². The molecule has 2 aliphatic rings. The Morgan fingerprint density at radius 2 is 1.88 bits per heavy atom. The van der Waals surface area contributed by atoms with Crippen LogP contribution in [0, 0.1) is 13.8 Å². The van der Waals surface area contributed by atoms with Crippen molar-refractivity contribution in [2.45, 2.75) is 32.3 Å². The third kappa shape index (κ3) is 2.47. The minimum Gasteiger partial charge on any atom is -0.481 e. The van der Waals surface area contributed by atoms with Crippen LogP contribution in [0.2, 0.25) is 0 Å². The van der Waals surface area contributed by atoms with Gasteiger partial charge < -0.3 is 14.7 Å². The second-order valence-corrected chi connectivity index (χ2v) is 6.75. The van der Waals surface area contributed by atoms with E-state index in [1.165, 1.54) is 5.56 Å². The number of hydrogen-bond acceptors (Lipinski definition) is 3. The molecule has 0 fully saturated rings. The third-order valence-electron chi connectivity index (χ3n) is 5.16. The molecular formula is C20H19NO4. The van der Waals surface area contributed by atoms with E-state index in [0.717, 1.165) is 16.9 Å². The molecule has 0 spiro atoms. The maximum Gasteiger partial charge on any atom is 0.312 e. The number of para-hydroxylation sites is 1. The van der Waals surface area contributed by atoms with Crippen LogP contribution in [0.1, 0.15) is 28.2 Å². The van der Waals surface area contributed by atoms with E-state index in [2.05, 4.69) is 6.07 Å². The van der Waals surface area contributed by atoms with Gasteiger partial charge in [-0.3, -0.25) is 9.59 Å². The fourth-order valence-electron chi connectivity index (χ4n) is 3.65. The summed E-state index contributed by atoms with van der Waals surface area (Å²) in [6.45, 7) is 4.21. The molecule has 2 aromatic rings. The summed E-state index contributed by atoms with van der Waals surface area (Å²) in [7, 11) is 0. The zero-order chi connectivity index (χ0) is 17.7. The number of amides is 1. The Hall–Kier alpha value is -2.82. The largest absolute Gasteiger partial charge is 0.481 e. The lowest BCUT2D eigenvalue weighted by Gasteiger charge is -2.21. The maximum atomic E-state index is 13.0. The van der Waals surface area contributed by atoms with Gasteiger partial charge in [0.25, 0.3) is 5.91 Å². The monoisotopic (exact) mass is 337 g/mol. The zero-order valence-corrected chi connectivity index (χ0v) is 14.2. The summed E-state index contributed by atoms with van der Waals surface area (Å²) in [5.41, 5.74) is 4.69. The summed E-state index contributed by atoms with van der Waals surface area (Å²) in [4.78, 5) is 26.1. The number of fused-ring (bicyclic) bond motifs is 2. The summed E-state index contributed by atoms with van der Waals surface area (Å²) in [6, 6.07) is 11.2. The van der Waals surface area contributed by atoms with Crippen molar-refractivity contribution < 1.29 is 19.4 Å². The van der Waals surface area contributed by atoms with Crippen LogP contribution in [0.25, 0.3) is 0 Å². The van der Waals surface area contributed by atoms with E-state index < -0.39 is 18.0 Å². The smallest absolute Gasteiger partial charge is 0.312 e. The molecule has 2 aliphatic heterocycles. The molecular weight excluding hydrogens is 318 g/mol. The number of anilines is 1.